The summed E-state index contributed by atoms with van der Waals surface area (Å²) in [5.41, 5.74) is 4.23. The second-order valence-corrected chi connectivity index (χ2v) is 14.9. The van der Waals surface area contributed by atoms with Gasteiger partial charge >= 0.3 is 40.2 Å². The van der Waals surface area contributed by atoms with Crippen LogP contribution in [0.1, 0.15) is 46.1 Å². The average molecular weight is 906 g/mol. The number of rotatable bonds is 21. The molecule has 0 spiro atoms. The number of nitrogens with one attached hydrogen (secondary N) is 3. The Labute approximate surface area is 388 Å². The molecule has 21 heteroatoms. The van der Waals surface area contributed by atoms with Gasteiger partial charge in [0, 0.05) is 37.4 Å². The van der Waals surface area contributed by atoms with Crippen molar-refractivity contribution in [1.82, 2.24) is 29.9 Å². The monoisotopic (exact) mass is 905 g/mol. The normalized spacial score (nSPS) is 11.0. The Hall–Kier alpha value is -5.55. The van der Waals surface area contributed by atoms with Crippen LogP contribution in [0.5, 0.6) is 0 Å². The standard InChI is InChI=1S/C42H45N9O6S.Na.O3S/c1-30-44-38(49-41(45-30)46-35-9-4-2-5-10-35)28-32-15-13-31(14-16-32)17-19-34-20-18-33(27-37(34)58(53,54)55)29-39-48-40(43-21-8-23-56-25-26-57-24-22-52)51-42(50-39)47-36-11-6-3-7-12-36;;1-4(2)3/h2-7,9-20,27,52H,8,21-26,28-29H2,1H3,(H,53,54,55)(H,44,45,46,49)(H2,43,47,48,50,51);;/q;+1;/p-1/b19-17+;;. The maximum atomic E-state index is 12.5. The molecule has 324 valence electrons. The molecule has 0 aliphatic carbocycles. The summed E-state index contributed by atoms with van der Waals surface area (Å²) in [6, 6.07) is 31.5. The van der Waals surface area contributed by atoms with Crippen molar-refractivity contribution in [1.29, 1.82) is 0 Å². The molecule has 4 aromatic carbocycles. The summed E-state index contributed by atoms with van der Waals surface area (Å²) in [5.74, 6) is 2.67. The van der Waals surface area contributed by atoms with E-state index >= 15 is 0 Å². The predicted octanol–water partition coefficient (Wildman–Crippen LogP) is 1.94. The quantitative estimate of drug-likeness (QED) is 0.0348. The van der Waals surface area contributed by atoms with Crippen molar-refractivity contribution in [2.45, 2.75) is 31.1 Å². The van der Waals surface area contributed by atoms with Crippen LogP contribution in [0.15, 0.2) is 108 Å². The number of benzene rings is 4. The van der Waals surface area contributed by atoms with E-state index in [-0.39, 0.29) is 59.7 Å². The molecule has 2 aromatic heterocycles. The van der Waals surface area contributed by atoms with Crippen molar-refractivity contribution in [3.05, 3.63) is 143 Å². The Kier molecular flexibility index (Phi) is 20.8. The van der Waals surface area contributed by atoms with E-state index in [4.69, 9.17) is 27.2 Å². The first-order valence-electron chi connectivity index (χ1n) is 19.2. The zero-order valence-corrected chi connectivity index (χ0v) is 38.2. The van der Waals surface area contributed by atoms with Crippen molar-refractivity contribution in [3.63, 3.8) is 0 Å². The summed E-state index contributed by atoms with van der Waals surface area (Å²) in [7, 11) is -7.95. The van der Waals surface area contributed by atoms with Gasteiger partial charge in [-0.3, -0.25) is 0 Å². The van der Waals surface area contributed by atoms with E-state index in [2.05, 4.69) is 45.9 Å². The molecule has 0 aliphatic heterocycles. The number of ether oxygens (including phenoxy) is 2. The van der Waals surface area contributed by atoms with Crippen molar-refractivity contribution in [2.24, 2.45) is 0 Å². The van der Waals surface area contributed by atoms with E-state index in [0.29, 0.717) is 80.1 Å². The number of para-hydroxylation sites is 2. The third-order valence-electron chi connectivity index (χ3n) is 8.40. The molecular weight excluding hydrogens is 862 g/mol. The van der Waals surface area contributed by atoms with Crippen molar-refractivity contribution < 1.29 is 69.7 Å². The first-order chi connectivity index (χ1) is 29.9. The number of aromatic nitrogens is 6. The first kappa shape index (κ1) is 50.1. The number of hydrogen-bond donors (Lipinski definition) is 4. The third kappa shape index (κ3) is 18.4. The van der Waals surface area contributed by atoms with Gasteiger partial charge in [-0.25, -0.2) is 13.4 Å². The van der Waals surface area contributed by atoms with Gasteiger partial charge in [-0.2, -0.15) is 24.9 Å². The summed E-state index contributed by atoms with van der Waals surface area (Å²) in [5, 5.41) is 18.4. The van der Waals surface area contributed by atoms with Crippen LogP contribution >= 0.6 is 0 Å². The molecule has 0 saturated carbocycles. The summed E-state index contributed by atoms with van der Waals surface area (Å²) >= 11 is 0. The largest absolute Gasteiger partial charge is 1.00 e. The molecule has 6 rings (SSSR count). The van der Waals surface area contributed by atoms with Gasteiger partial charge in [-0.05, 0) is 65.9 Å². The van der Waals surface area contributed by atoms with Crippen LogP contribution in [-0.4, -0.2) is 100 Å². The van der Waals surface area contributed by atoms with E-state index < -0.39 is 20.7 Å². The average Bonchev–Trinajstić information content (AvgIpc) is 3.23. The van der Waals surface area contributed by atoms with Crippen molar-refractivity contribution >= 4 is 62.1 Å². The third-order valence-corrected chi connectivity index (χ3v) is 9.29. The van der Waals surface area contributed by atoms with Crippen LogP contribution in [0.2, 0.25) is 0 Å². The maximum absolute atomic E-state index is 12.5. The molecule has 0 amide bonds. The molecule has 0 aliphatic rings. The molecular formula is C42H44N9NaO9S2. The predicted molar refractivity (Wildman–Crippen MR) is 231 cm³/mol. The van der Waals surface area contributed by atoms with Crippen molar-refractivity contribution in [2.75, 3.05) is 55.5 Å². The second-order valence-electron chi connectivity index (χ2n) is 13.2. The zero-order valence-electron chi connectivity index (χ0n) is 34.5. The second kappa shape index (κ2) is 26.2. The number of nitrogens with zero attached hydrogens (tertiary/aromatic N) is 6. The topological polar surface area (TPSA) is 261 Å². The molecule has 0 unspecified atom stereocenters. The van der Waals surface area contributed by atoms with E-state index in [1.807, 2.05) is 91.9 Å². The molecule has 63 heavy (non-hydrogen) atoms. The smallest absolute Gasteiger partial charge is 0.744 e. The van der Waals surface area contributed by atoms with Crippen LogP contribution < -0.4 is 45.5 Å². The van der Waals surface area contributed by atoms with E-state index in [1.165, 1.54) is 6.07 Å². The molecule has 4 N–H and O–H groups in total. The Morgan fingerprint density at radius 3 is 1.81 bits per heavy atom. The molecule has 0 saturated heterocycles. The summed E-state index contributed by atoms with van der Waals surface area (Å²) in [6.45, 7) is 3.89. The Morgan fingerprint density at radius 1 is 0.667 bits per heavy atom. The van der Waals surface area contributed by atoms with Gasteiger partial charge in [0.2, 0.25) is 17.8 Å². The van der Waals surface area contributed by atoms with Crippen LogP contribution in [-0.2, 0) is 43.0 Å². The Balaban J connectivity index is 0.00000167. The zero-order chi connectivity index (χ0) is 44.2. The summed E-state index contributed by atoms with van der Waals surface area (Å²) in [6.07, 6.45) is 4.65. The Bertz CT molecular complexity index is 2610. The van der Waals surface area contributed by atoms with Gasteiger partial charge in [0.15, 0.2) is 0 Å². The Morgan fingerprint density at radius 2 is 1.21 bits per heavy atom. The van der Waals surface area contributed by atoms with Gasteiger partial charge in [0.25, 0.3) is 0 Å². The van der Waals surface area contributed by atoms with Gasteiger partial charge in [-0.15, -0.1) is 12.6 Å². The molecule has 0 atom stereocenters. The van der Waals surface area contributed by atoms with Gasteiger partial charge in [0.05, 0.1) is 31.3 Å². The first-order valence-corrected chi connectivity index (χ1v) is 21.6. The number of anilines is 5. The fraction of sp³-hybridized carbons (Fsp3) is 0.238. The van der Waals surface area contributed by atoms with Crippen molar-refractivity contribution in [3.8, 4) is 0 Å². The number of hydrogen-bond acceptors (Lipinski definition) is 18. The van der Waals surface area contributed by atoms with Crippen LogP contribution in [0, 0.1) is 6.92 Å². The van der Waals surface area contributed by atoms with E-state index in [9.17, 15) is 13.0 Å². The molecule has 18 nitrogen and oxygen atoms in total. The number of aliphatic hydroxyl groups excluding tert-OH is 1. The van der Waals surface area contributed by atoms with Crippen LogP contribution in [0.4, 0.5) is 29.2 Å². The number of aliphatic hydroxyl groups is 1. The molecule has 0 fully saturated rings. The van der Waals surface area contributed by atoms with Gasteiger partial charge in [0.1, 0.15) is 27.6 Å². The van der Waals surface area contributed by atoms with Crippen LogP contribution in [0.25, 0.3) is 12.2 Å². The van der Waals surface area contributed by atoms with Crippen LogP contribution in [0.3, 0.4) is 0 Å². The summed E-state index contributed by atoms with van der Waals surface area (Å²) in [4.78, 5) is 26.8. The fourth-order valence-electron chi connectivity index (χ4n) is 5.71. The molecule has 0 radical (unpaired) electrons. The minimum absolute atomic E-state index is 0. The number of aryl methyl sites for hydroxylation is 1. The minimum Gasteiger partial charge on any atom is -0.744 e. The van der Waals surface area contributed by atoms with Gasteiger partial charge in [-0.1, -0.05) is 84.9 Å². The SMILES string of the molecule is Cc1nc(Cc2ccc(/C=C/c3ccc(Cc4nc(NCCCOCCOCCO)nc(Nc5ccccc5)n4)cc3S(=O)(=O)[O-])cc2)nc(Nc2ccccc2)n1.O=S(=O)=O.[Na+]. The maximum Gasteiger partial charge on any atom is 1.00 e. The van der Waals surface area contributed by atoms with E-state index in [0.717, 1.165) is 22.5 Å². The minimum atomic E-state index is -4.84. The molecule has 6 aromatic rings. The summed E-state index contributed by atoms with van der Waals surface area (Å²) < 4.78 is 73.6. The van der Waals surface area contributed by atoms with E-state index in [1.54, 1.807) is 24.3 Å². The molecule has 0 bridgehead atoms. The molecule has 2 heterocycles. The fourth-order valence-corrected chi connectivity index (χ4v) is 6.43. The van der Waals surface area contributed by atoms with Gasteiger partial charge < -0.3 is 35.1 Å².